The summed E-state index contributed by atoms with van der Waals surface area (Å²) in [6.45, 7) is 1.88. The van der Waals surface area contributed by atoms with Gasteiger partial charge in [0.2, 0.25) is 0 Å². The lowest BCUT2D eigenvalue weighted by Gasteiger charge is -2.07. The van der Waals surface area contributed by atoms with Crippen molar-refractivity contribution in [1.29, 1.82) is 0 Å². The smallest absolute Gasteiger partial charge is 0.259 e. The first kappa shape index (κ1) is 15.4. The maximum absolute atomic E-state index is 12.7. The van der Waals surface area contributed by atoms with Crippen LogP contribution in [0.3, 0.4) is 0 Å². The second kappa shape index (κ2) is 6.41. The molecule has 5 nitrogen and oxygen atoms in total. The van der Waals surface area contributed by atoms with Crippen molar-refractivity contribution in [1.82, 2.24) is 15.0 Å². The van der Waals surface area contributed by atoms with Gasteiger partial charge < -0.3 is 5.32 Å². The highest BCUT2D eigenvalue weighted by molar-refractivity contribution is 7.21. The van der Waals surface area contributed by atoms with E-state index in [9.17, 15) is 4.79 Å². The molecule has 1 amide bonds. The molecule has 0 unspecified atom stereocenters. The Bertz CT molecular complexity index is 1040. The largest absolute Gasteiger partial charge is 0.306 e. The Hall–Kier alpha value is -3.12. The SMILES string of the molecule is Cc1cccc(NC(=O)c2cccnc2-c2nc3ccccc3s2)n1. The Balaban J connectivity index is 1.72. The van der Waals surface area contributed by atoms with E-state index in [0.717, 1.165) is 20.9 Å². The summed E-state index contributed by atoms with van der Waals surface area (Å²) in [5.41, 5.74) is 2.80. The summed E-state index contributed by atoms with van der Waals surface area (Å²) in [7, 11) is 0. The van der Waals surface area contributed by atoms with Crippen LogP contribution in [0.1, 0.15) is 16.1 Å². The maximum atomic E-state index is 12.7. The number of para-hydroxylation sites is 1. The fourth-order valence-electron chi connectivity index (χ4n) is 2.53. The van der Waals surface area contributed by atoms with Gasteiger partial charge >= 0.3 is 0 Å². The van der Waals surface area contributed by atoms with Crippen molar-refractivity contribution in [2.24, 2.45) is 0 Å². The lowest BCUT2D eigenvalue weighted by atomic mass is 10.2. The van der Waals surface area contributed by atoms with E-state index in [2.05, 4.69) is 20.3 Å². The number of aromatic nitrogens is 3. The van der Waals surface area contributed by atoms with Gasteiger partial charge in [0.1, 0.15) is 16.5 Å². The van der Waals surface area contributed by atoms with Crippen molar-refractivity contribution >= 4 is 33.3 Å². The fraction of sp³-hybridized carbons (Fsp3) is 0.0526. The number of carbonyl (C=O) groups is 1. The van der Waals surface area contributed by atoms with E-state index in [-0.39, 0.29) is 5.91 Å². The van der Waals surface area contributed by atoms with Crippen LogP contribution in [0.4, 0.5) is 5.82 Å². The molecule has 0 bridgehead atoms. The average Bonchev–Trinajstić information content (AvgIpc) is 3.06. The number of rotatable bonds is 3. The lowest BCUT2D eigenvalue weighted by molar-refractivity contribution is 0.102. The quantitative estimate of drug-likeness (QED) is 0.600. The van der Waals surface area contributed by atoms with E-state index in [1.165, 1.54) is 11.3 Å². The zero-order valence-electron chi connectivity index (χ0n) is 13.4. The molecule has 0 aliphatic carbocycles. The molecule has 0 atom stereocenters. The van der Waals surface area contributed by atoms with Crippen LogP contribution in [-0.2, 0) is 0 Å². The molecule has 25 heavy (non-hydrogen) atoms. The normalized spacial score (nSPS) is 10.8. The molecule has 0 radical (unpaired) electrons. The van der Waals surface area contributed by atoms with Crippen molar-refractivity contribution in [3.8, 4) is 10.7 Å². The van der Waals surface area contributed by atoms with E-state index in [4.69, 9.17) is 0 Å². The Morgan fingerprint density at radius 1 is 1.00 bits per heavy atom. The molecule has 6 heteroatoms. The Morgan fingerprint density at radius 3 is 2.72 bits per heavy atom. The number of benzene rings is 1. The maximum Gasteiger partial charge on any atom is 0.259 e. The molecular formula is C19H14N4OS. The highest BCUT2D eigenvalue weighted by Crippen LogP contribution is 2.30. The number of hydrogen-bond donors (Lipinski definition) is 1. The van der Waals surface area contributed by atoms with Crippen LogP contribution in [0.5, 0.6) is 0 Å². The molecule has 4 aromatic rings. The zero-order chi connectivity index (χ0) is 17.2. The third-order valence-corrected chi connectivity index (χ3v) is 4.72. The lowest BCUT2D eigenvalue weighted by Crippen LogP contribution is -2.14. The molecule has 3 aromatic heterocycles. The number of hydrogen-bond acceptors (Lipinski definition) is 5. The Labute approximate surface area is 148 Å². The number of amides is 1. The van der Waals surface area contributed by atoms with Gasteiger partial charge in [-0.25, -0.2) is 9.97 Å². The first-order valence-corrected chi connectivity index (χ1v) is 8.58. The number of nitrogens with one attached hydrogen (secondary N) is 1. The third kappa shape index (κ3) is 3.12. The van der Waals surface area contributed by atoms with Gasteiger partial charge in [0.25, 0.3) is 5.91 Å². The van der Waals surface area contributed by atoms with E-state index < -0.39 is 0 Å². The number of carbonyl (C=O) groups excluding carboxylic acids is 1. The van der Waals surface area contributed by atoms with E-state index >= 15 is 0 Å². The predicted molar refractivity (Wildman–Crippen MR) is 99.8 cm³/mol. The van der Waals surface area contributed by atoms with Crippen molar-refractivity contribution in [3.63, 3.8) is 0 Å². The average molecular weight is 346 g/mol. The van der Waals surface area contributed by atoms with Crippen LogP contribution in [0.25, 0.3) is 20.9 Å². The van der Waals surface area contributed by atoms with Gasteiger partial charge in [-0.15, -0.1) is 11.3 Å². The fourth-order valence-corrected chi connectivity index (χ4v) is 3.51. The number of pyridine rings is 2. The summed E-state index contributed by atoms with van der Waals surface area (Å²) in [4.78, 5) is 26.0. The Morgan fingerprint density at radius 2 is 1.88 bits per heavy atom. The minimum absolute atomic E-state index is 0.250. The van der Waals surface area contributed by atoms with Gasteiger partial charge in [0.05, 0.1) is 15.8 Å². The van der Waals surface area contributed by atoms with Crippen LogP contribution in [0.2, 0.25) is 0 Å². The molecule has 1 aromatic carbocycles. The number of fused-ring (bicyclic) bond motifs is 1. The first-order valence-electron chi connectivity index (χ1n) is 7.77. The highest BCUT2D eigenvalue weighted by Gasteiger charge is 2.17. The van der Waals surface area contributed by atoms with Crippen molar-refractivity contribution in [2.75, 3.05) is 5.32 Å². The van der Waals surface area contributed by atoms with Gasteiger partial charge in [0.15, 0.2) is 0 Å². The monoisotopic (exact) mass is 346 g/mol. The summed E-state index contributed by atoms with van der Waals surface area (Å²) >= 11 is 1.52. The minimum Gasteiger partial charge on any atom is -0.306 e. The number of thiazole rings is 1. The van der Waals surface area contributed by atoms with Crippen LogP contribution < -0.4 is 5.32 Å². The minimum atomic E-state index is -0.250. The third-order valence-electron chi connectivity index (χ3n) is 3.68. The molecule has 1 N–H and O–H groups in total. The summed E-state index contributed by atoms with van der Waals surface area (Å²) in [5.74, 6) is 0.268. The van der Waals surface area contributed by atoms with E-state index in [0.29, 0.717) is 17.1 Å². The molecule has 0 fully saturated rings. The zero-order valence-corrected chi connectivity index (χ0v) is 14.2. The molecule has 0 saturated carbocycles. The second-order valence-electron chi connectivity index (χ2n) is 5.50. The van der Waals surface area contributed by atoms with Crippen molar-refractivity contribution in [3.05, 3.63) is 72.1 Å². The van der Waals surface area contributed by atoms with Gasteiger partial charge in [-0.05, 0) is 43.3 Å². The Kier molecular flexibility index (Phi) is 3.95. The van der Waals surface area contributed by atoms with Crippen molar-refractivity contribution < 1.29 is 4.79 Å². The van der Waals surface area contributed by atoms with Crippen LogP contribution in [0, 0.1) is 6.92 Å². The second-order valence-corrected chi connectivity index (χ2v) is 6.54. The van der Waals surface area contributed by atoms with Gasteiger partial charge in [-0.3, -0.25) is 9.78 Å². The van der Waals surface area contributed by atoms with E-state index in [1.54, 1.807) is 24.4 Å². The number of anilines is 1. The summed E-state index contributed by atoms with van der Waals surface area (Å²) < 4.78 is 1.06. The van der Waals surface area contributed by atoms with Crippen LogP contribution >= 0.6 is 11.3 Å². The predicted octanol–water partition coefficient (Wildman–Crippen LogP) is 4.31. The number of nitrogens with zero attached hydrogens (tertiary/aromatic N) is 3. The standard InChI is InChI=1S/C19H14N4OS/c1-12-6-4-10-16(21-12)23-18(24)13-7-5-11-20-17(13)19-22-14-8-2-3-9-15(14)25-19/h2-11H,1H3,(H,21,23,24). The summed E-state index contributed by atoms with van der Waals surface area (Å²) in [6, 6.07) is 16.9. The topological polar surface area (TPSA) is 67.8 Å². The van der Waals surface area contributed by atoms with E-state index in [1.807, 2.05) is 43.3 Å². The highest BCUT2D eigenvalue weighted by atomic mass is 32.1. The van der Waals surface area contributed by atoms with Crippen molar-refractivity contribution in [2.45, 2.75) is 6.92 Å². The van der Waals surface area contributed by atoms with Gasteiger partial charge in [-0.2, -0.15) is 0 Å². The molecule has 0 spiro atoms. The molecule has 0 aliphatic heterocycles. The summed E-state index contributed by atoms with van der Waals surface area (Å²) in [6.07, 6.45) is 1.67. The first-order chi connectivity index (χ1) is 12.2. The molecule has 122 valence electrons. The molecule has 4 rings (SSSR count). The summed E-state index contributed by atoms with van der Waals surface area (Å²) in [5, 5.41) is 3.56. The van der Waals surface area contributed by atoms with Gasteiger partial charge in [0, 0.05) is 11.9 Å². The molecular weight excluding hydrogens is 332 g/mol. The van der Waals surface area contributed by atoms with Crippen LogP contribution in [0.15, 0.2) is 60.8 Å². The number of aryl methyl sites for hydroxylation is 1. The van der Waals surface area contributed by atoms with Crippen LogP contribution in [-0.4, -0.2) is 20.9 Å². The molecule has 0 saturated heterocycles. The molecule has 3 heterocycles. The van der Waals surface area contributed by atoms with Gasteiger partial charge in [-0.1, -0.05) is 18.2 Å². The molecule has 0 aliphatic rings.